The first-order valence-corrected chi connectivity index (χ1v) is 12.4. The number of carbonyl (C=O) groups is 1. The van der Waals surface area contributed by atoms with Crippen LogP contribution in [0.25, 0.3) is 22.4 Å². The van der Waals surface area contributed by atoms with Crippen molar-refractivity contribution in [1.82, 2.24) is 4.57 Å². The average Bonchev–Trinajstić information content (AvgIpc) is 3.21. The number of amides is 1. The molecule has 0 atom stereocenters. The largest absolute Gasteiger partial charge is 0.343 e. The van der Waals surface area contributed by atoms with Gasteiger partial charge in [0.2, 0.25) is 0 Å². The first-order valence-electron chi connectivity index (χ1n) is 12.4. The van der Waals surface area contributed by atoms with Crippen molar-refractivity contribution >= 4 is 11.6 Å². The van der Waals surface area contributed by atoms with Crippen LogP contribution in [0, 0.1) is 5.82 Å². The molecule has 0 aliphatic heterocycles. The van der Waals surface area contributed by atoms with Crippen molar-refractivity contribution in [1.29, 1.82) is 0 Å². The fourth-order valence-corrected chi connectivity index (χ4v) is 4.73. The minimum absolute atomic E-state index is 0.116. The van der Waals surface area contributed by atoms with E-state index >= 15 is 0 Å². The van der Waals surface area contributed by atoms with Crippen molar-refractivity contribution in [3.05, 3.63) is 102 Å². The number of rotatable bonds is 9. The highest BCUT2D eigenvalue weighted by atomic mass is 19.1. The zero-order valence-electron chi connectivity index (χ0n) is 20.7. The summed E-state index contributed by atoms with van der Waals surface area (Å²) in [4.78, 5) is 13.9. The van der Waals surface area contributed by atoms with Gasteiger partial charge in [-0.2, -0.15) is 0 Å². The Balaban J connectivity index is 2.01. The molecule has 0 saturated heterocycles. The summed E-state index contributed by atoms with van der Waals surface area (Å²) in [7, 11) is 0. The van der Waals surface area contributed by atoms with Crippen LogP contribution >= 0.6 is 0 Å². The zero-order valence-corrected chi connectivity index (χ0v) is 20.7. The molecule has 0 aliphatic carbocycles. The maximum atomic E-state index is 13.9. The van der Waals surface area contributed by atoms with Crippen LogP contribution in [0.2, 0.25) is 0 Å². The van der Waals surface area contributed by atoms with Gasteiger partial charge in [-0.15, -0.1) is 0 Å². The van der Waals surface area contributed by atoms with E-state index in [-0.39, 0.29) is 17.6 Å². The molecular weight excluding hydrogens is 435 g/mol. The summed E-state index contributed by atoms with van der Waals surface area (Å²) in [6.45, 7) is 7.25. The number of hydrogen-bond acceptors (Lipinski definition) is 1. The summed E-state index contributed by atoms with van der Waals surface area (Å²) in [5.74, 6) is -0.286. The van der Waals surface area contributed by atoms with Crippen molar-refractivity contribution in [3.8, 4) is 22.4 Å². The van der Waals surface area contributed by atoms with Crippen molar-refractivity contribution in [2.75, 3.05) is 5.32 Å². The number of nitrogens with one attached hydrogen (secondary N) is 1. The highest BCUT2D eigenvalue weighted by Gasteiger charge is 2.30. The van der Waals surface area contributed by atoms with Gasteiger partial charge >= 0.3 is 0 Å². The predicted octanol–water partition coefficient (Wildman–Crippen LogP) is 8.53. The lowest BCUT2D eigenvalue weighted by atomic mass is 9.94. The van der Waals surface area contributed by atoms with Gasteiger partial charge in [-0.05, 0) is 59.9 Å². The maximum absolute atomic E-state index is 13.9. The lowest BCUT2D eigenvalue weighted by molar-refractivity contribution is 0.102. The second-order valence-corrected chi connectivity index (χ2v) is 9.19. The fraction of sp³-hybridized carbons (Fsp3) is 0.258. The molecule has 180 valence electrons. The van der Waals surface area contributed by atoms with Crippen molar-refractivity contribution < 1.29 is 9.18 Å². The highest BCUT2D eigenvalue weighted by molar-refractivity contribution is 6.12. The monoisotopic (exact) mass is 468 g/mol. The molecule has 3 nitrogen and oxygen atoms in total. The summed E-state index contributed by atoms with van der Waals surface area (Å²) in [6.07, 6.45) is 3.22. The number of aromatic nitrogens is 1. The van der Waals surface area contributed by atoms with Gasteiger partial charge in [-0.1, -0.05) is 82.1 Å². The first-order chi connectivity index (χ1) is 17.0. The fourth-order valence-electron chi connectivity index (χ4n) is 4.73. The third kappa shape index (κ3) is 5.37. The second kappa shape index (κ2) is 11.2. The van der Waals surface area contributed by atoms with Gasteiger partial charge in [0.25, 0.3) is 5.91 Å². The van der Waals surface area contributed by atoms with Gasteiger partial charge < -0.3 is 9.88 Å². The van der Waals surface area contributed by atoms with E-state index in [0.717, 1.165) is 59.6 Å². The lowest BCUT2D eigenvalue weighted by Crippen LogP contribution is -2.16. The molecule has 1 N–H and O–H groups in total. The average molecular weight is 469 g/mol. The van der Waals surface area contributed by atoms with Crippen LogP contribution in [0.4, 0.5) is 10.1 Å². The summed E-state index contributed by atoms with van der Waals surface area (Å²) < 4.78 is 16.2. The maximum Gasteiger partial charge on any atom is 0.258 e. The summed E-state index contributed by atoms with van der Waals surface area (Å²) >= 11 is 0. The van der Waals surface area contributed by atoms with E-state index in [2.05, 4.69) is 30.7 Å². The summed E-state index contributed by atoms with van der Waals surface area (Å²) in [5.41, 5.74) is 6.19. The van der Waals surface area contributed by atoms with E-state index in [1.807, 2.05) is 72.8 Å². The van der Waals surface area contributed by atoms with Crippen LogP contribution in [-0.4, -0.2) is 10.5 Å². The third-order valence-corrected chi connectivity index (χ3v) is 6.27. The van der Waals surface area contributed by atoms with Crippen LogP contribution in [0.15, 0.2) is 84.9 Å². The van der Waals surface area contributed by atoms with E-state index in [9.17, 15) is 9.18 Å². The third-order valence-electron chi connectivity index (χ3n) is 6.27. The standard InChI is InChI=1S/C31H33FN2O/c1-4-5-12-21-34-29(22(2)3)28(31(35)33-26-15-10-7-11-16-26)27(23-13-8-6-9-14-23)30(34)24-17-19-25(32)20-18-24/h6-11,13-20,22H,4-5,12,21H2,1-3H3,(H,33,35). The molecule has 1 heterocycles. The number of nitrogens with zero attached hydrogens (tertiary/aromatic N) is 1. The van der Waals surface area contributed by atoms with Crippen LogP contribution in [0.1, 0.15) is 62.0 Å². The number of carbonyl (C=O) groups excluding carboxylic acids is 1. The molecule has 0 aliphatic rings. The Bertz CT molecular complexity index is 1260. The van der Waals surface area contributed by atoms with E-state index in [0.29, 0.717) is 5.56 Å². The second-order valence-electron chi connectivity index (χ2n) is 9.19. The number of anilines is 1. The quantitative estimate of drug-likeness (QED) is 0.245. The van der Waals surface area contributed by atoms with E-state index in [4.69, 9.17) is 0 Å². The molecule has 3 aromatic carbocycles. The molecule has 0 radical (unpaired) electrons. The first kappa shape index (κ1) is 24.5. The molecule has 1 aromatic heterocycles. The number of benzene rings is 3. The molecule has 4 heteroatoms. The predicted molar refractivity (Wildman–Crippen MR) is 143 cm³/mol. The molecule has 1 amide bonds. The van der Waals surface area contributed by atoms with E-state index < -0.39 is 0 Å². The Labute approximate surface area is 207 Å². The molecule has 0 fully saturated rings. The number of halogens is 1. The Hall–Kier alpha value is -3.66. The van der Waals surface area contributed by atoms with Gasteiger partial charge in [0.05, 0.1) is 11.3 Å². The van der Waals surface area contributed by atoms with Gasteiger partial charge in [0, 0.05) is 23.5 Å². The molecule has 0 spiro atoms. The van der Waals surface area contributed by atoms with Gasteiger partial charge in [-0.3, -0.25) is 4.79 Å². The van der Waals surface area contributed by atoms with Crippen molar-refractivity contribution in [2.24, 2.45) is 0 Å². The molecular formula is C31H33FN2O. The lowest BCUT2D eigenvalue weighted by Gasteiger charge is -2.17. The zero-order chi connectivity index (χ0) is 24.8. The molecule has 0 saturated carbocycles. The molecule has 4 aromatic rings. The molecule has 0 bridgehead atoms. The minimum Gasteiger partial charge on any atom is -0.343 e. The van der Waals surface area contributed by atoms with Crippen LogP contribution in [0.3, 0.4) is 0 Å². The Morgan fingerprint density at radius 3 is 2.09 bits per heavy atom. The summed E-state index contributed by atoms with van der Waals surface area (Å²) in [6, 6.07) is 26.2. The normalized spacial score (nSPS) is 11.1. The van der Waals surface area contributed by atoms with Crippen molar-refractivity contribution in [3.63, 3.8) is 0 Å². The van der Waals surface area contributed by atoms with E-state index in [1.54, 1.807) is 0 Å². The van der Waals surface area contributed by atoms with Gasteiger partial charge in [-0.25, -0.2) is 4.39 Å². The van der Waals surface area contributed by atoms with Crippen LogP contribution < -0.4 is 5.32 Å². The smallest absolute Gasteiger partial charge is 0.258 e. The molecule has 35 heavy (non-hydrogen) atoms. The van der Waals surface area contributed by atoms with Crippen LogP contribution in [0.5, 0.6) is 0 Å². The van der Waals surface area contributed by atoms with Gasteiger partial charge in [0.1, 0.15) is 5.82 Å². The minimum atomic E-state index is -0.273. The van der Waals surface area contributed by atoms with Crippen LogP contribution in [-0.2, 0) is 6.54 Å². The van der Waals surface area contributed by atoms with Gasteiger partial charge in [0.15, 0.2) is 0 Å². The summed E-state index contributed by atoms with van der Waals surface area (Å²) in [5, 5.41) is 3.12. The molecule has 0 unspecified atom stereocenters. The Kier molecular flexibility index (Phi) is 7.81. The number of para-hydroxylation sites is 1. The number of hydrogen-bond donors (Lipinski definition) is 1. The topological polar surface area (TPSA) is 34.0 Å². The molecule has 4 rings (SSSR count). The Morgan fingerprint density at radius 1 is 0.857 bits per heavy atom. The van der Waals surface area contributed by atoms with E-state index in [1.165, 1.54) is 12.1 Å². The van der Waals surface area contributed by atoms with Crippen molar-refractivity contribution in [2.45, 2.75) is 52.5 Å². The highest BCUT2D eigenvalue weighted by Crippen LogP contribution is 2.42. The Morgan fingerprint density at radius 2 is 1.49 bits per heavy atom. The SMILES string of the molecule is CCCCCn1c(-c2ccc(F)cc2)c(-c2ccccc2)c(C(=O)Nc2ccccc2)c1C(C)C. The number of unbranched alkanes of at least 4 members (excludes halogenated alkanes) is 2.